The van der Waals surface area contributed by atoms with Crippen LogP contribution in [0, 0.1) is 0 Å². The smallest absolute Gasteiger partial charge is 0.143 e. The summed E-state index contributed by atoms with van der Waals surface area (Å²) >= 11 is 0. The molecule has 0 aliphatic rings. The fraction of sp³-hybridized carbons (Fsp3) is 0.0290. The summed E-state index contributed by atoms with van der Waals surface area (Å²) < 4.78 is 24.0. The van der Waals surface area contributed by atoms with Crippen molar-refractivity contribution in [3.63, 3.8) is 0 Å². The number of aromatic nitrogens is 1. The number of pyridine rings is 1. The van der Waals surface area contributed by atoms with E-state index in [4.69, 9.17) is 18.3 Å². The molecule has 5 heteroatoms. The van der Waals surface area contributed by atoms with Gasteiger partial charge in [-0.05, 0) is 143 Å². The average molecular weight is 952 g/mol. The Morgan fingerprint density at radius 3 is 1.23 bits per heavy atom. The van der Waals surface area contributed by atoms with Gasteiger partial charge >= 0.3 is 0 Å². The van der Waals surface area contributed by atoms with Gasteiger partial charge in [0.05, 0.1) is 14.2 Å². The lowest BCUT2D eigenvalue weighted by atomic mass is 9.84. The molecule has 0 atom stereocenters. The Kier molecular flexibility index (Phi) is 10.2. The van der Waals surface area contributed by atoms with E-state index in [0.717, 1.165) is 93.8 Å². The molecule has 15 aromatic rings. The van der Waals surface area contributed by atoms with Gasteiger partial charge in [-0.15, -0.1) is 0 Å². The largest absolute Gasteiger partial charge is 0.497 e. The lowest BCUT2D eigenvalue weighted by Gasteiger charge is -2.19. The molecule has 0 spiro atoms. The molecular weight excluding hydrogens is 907 g/mol. The van der Waals surface area contributed by atoms with Gasteiger partial charge in [0.25, 0.3) is 0 Å². The van der Waals surface area contributed by atoms with Gasteiger partial charge in [0.15, 0.2) is 0 Å². The number of para-hydroxylation sites is 2. The van der Waals surface area contributed by atoms with Crippen LogP contribution in [0.3, 0.4) is 0 Å². The van der Waals surface area contributed by atoms with E-state index in [9.17, 15) is 0 Å². The Morgan fingerprint density at radius 2 is 0.730 bits per heavy atom. The van der Waals surface area contributed by atoms with Gasteiger partial charge in [0.2, 0.25) is 0 Å². The first kappa shape index (κ1) is 43.1. The van der Waals surface area contributed by atoms with E-state index < -0.39 is 0 Å². The zero-order valence-electron chi connectivity index (χ0n) is 40.6. The van der Waals surface area contributed by atoms with Gasteiger partial charge < -0.3 is 18.3 Å². The van der Waals surface area contributed by atoms with E-state index in [1.165, 1.54) is 60.0 Å². The number of hydrogen-bond acceptors (Lipinski definition) is 5. The molecule has 0 fully saturated rings. The van der Waals surface area contributed by atoms with Crippen molar-refractivity contribution >= 4 is 97.7 Å². The summed E-state index contributed by atoms with van der Waals surface area (Å²) in [6.07, 6.45) is 3.76. The minimum absolute atomic E-state index is 0.835. The van der Waals surface area contributed by atoms with Crippen molar-refractivity contribution in [3.05, 3.63) is 237 Å². The maximum atomic E-state index is 6.58. The second-order valence-electron chi connectivity index (χ2n) is 18.8. The zero-order chi connectivity index (χ0) is 49.3. The molecule has 0 amide bonds. The first-order chi connectivity index (χ1) is 36.6. The molecule has 0 aliphatic heterocycles. The summed E-state index contributed by atoms with van der Waals surface area (Å²) in [4.78, 5) is 4.45. The summed E-state index contributed by atoms with van der Waals surface area (Å²) in [6, 6.07) is 79.0. The molecule has 0 saturated carbocycles. The van der Waals surface area contributed by atoms with Crippen LogP contribution in [0.2, 0.25) is 0 Å². The molecule has 5 nitrogen and oxygen atoms in total. The van der Waals surface area contributed by atoms with Crippen molar-refractivity contribution in [2.75, 3.05) is 14.2 Å². The average Bonchev–Trinajstić information content (AvgIpc) is 4.12. The SMILES string of the molecule is COc1ccc(-c2c(-c3ccc4ccccc4c3)c3ccccc3c3c2ccc2c4ccccc4oc23)cc1.COc1ccc(-c2c(-c3cccnc3)c3ccccc3c3c2ccc2c4ccccc4oc23)cc1. The lowest BCUT2D eigenvalue weighted by Crippen LogP contribution is -1.93. The molecular formula is C69H45NO4. The van der Waals surface area contributed by atoms with Crippen molar-refractivity contribution < 1.29 is 18.3 Å². The normalized spacial score (nSPS) is 11.6. The molecule has 3 aromatic heterocycles. The zero-order valence-corrected chi connectivity index (χ0v) is 40.6. The minimum Gasteiger partial charge on any atom is -0.497 e. The molecule has 74 heavy (non-hydrogen) atoms. The summed E-state index contributed by atoms with van der Waals surface area (Å²) in [5.41, 5.74) is 13.0. The molecule has 350 valence electrons. The third kappa shape index (κ3) is 6.89. The van der Waals surface area contributed by atoms with E-state index in [-0.39, 0.29) is 0 Å². The Morgan fingerprint density at radius 1 is 0.311 bits per heavy atom. The summed E-state index contributed by atoms with van der Waals surface area (Å²) in [6.45, 7) is 0. The van der Waals surface area contributed by atoms with Gasteiger partial charge in [-0.1, -0.05) is 164 Å². The third-order valence-electron chi connectivity index (χ3n) is 14.8. The van der Waals surface area contributed by atoms with Gasteiger partial charge in [-0.25, -0.2) is 0 Å². The number of rotatable bonds is 6. The van der Waals surface area contributed by atoms with Gasteiger partial charge in [-0.3, -0.25) is 4.98 Å². The highest BCUT2D eigenvalue weighted by molar-refractivity contribution is 6.31. The number of benzene rings is 12. The topological polar surface area (TPSA) is 57.6 Å². The maximum Gasteiger partial charge on any atom is 0.143 e. The Hall–Kier alpha value is -9.71. The van der Waals surface area contributed by atoms with Crippen molar-refractivity contribution in [2.24, 2.45) is 0 Å². The number of furan rings is 2. The summed E-state index contributed by atoms with van der Waals surface area (Å²) in [5, 5.41) is 16.4. The van der Waals surface area contributed by atoms with E-state index in [1.807, 2.05) is 60.9 Å². The summed E-state index contributed by atoms with van der Waals surface area (Å²) in [5.74, 6) is 1.68. The Labute approximate surface area is 426 Å². The van der Waals surface area contributed by atoms with Gasteiger partial charge in [-0.2, -0.15) is 0 Å². The van der Waals surface area contributed by atoms with Crippen LogP contribution in [0.1, 0.15) is 0 Å². The number of fused-ring (bicyclic) bond motifs is 15. The van der Waals surface area contributed by atoms with E-state index >= 15 is 0 Å². The standard InChI is InChI=1S/C37H24O2.C32H21NO2/c1-38-27-18-16-24(17-19-27)34-32-21-20-31-28-10-6-7-13-33(28)39-37(31)36(32)30-12-5-4-11-29(30)35(34)26-15-14-23-8-2-3-9-25(23)22-26;1-34-22-14-12-20(13-15-22)29-27-17-16-26-23-8-4-5-11-28(23)35-32(26)31(27)25-10-3-2-9-24(25)30(29)21-7-6-18-33-19-21/h2-22H,1H3;2-19H,1H3. The molecule has 3 heterocycles. The van der Waals surface area contributed by atoms with Crippen LogP contribution in [0.5, 0.6) is 11.5 Å². The highest BCUT2D eigenvalue weighted by atomic mass is 16.5. The van der Waals surface area contributed by atoms with Crippen LogP contribution in [0.15, 0.2) is 246 Å². The third-order valence-corrected chi connectivity index (χ3v) is 14.8. The Balaban J connectivity index is 0.000000137. The fourth-order valence-corrected chi connectivity index (χ4v) is 11.5. The van der Waals surface area contributed by atoms with Gasteiger partial charge in [0, 0.05) is 50.3 Å². The second-order valence-corrected chi connectivity index (χ2v) is 18.8. The minimum atomic E-state index is 0.835. The predicted octanol–water partition coefficient (Wildman–Crippen LogP) is 19.0. The quantitative estimate of drug-likeness (QED) is 0.155. The van der Waals surface area contributed by atoms with Gasteiger partial charge in [0.1, 0.15) is 33.8 Å². The van der Waals surface area contributed by atoms with Crippen LogP contribution in [0.4, 0.5) is 0 Å². The molecule has 0 aliphatic carbocycles. The van der Waals surface area contributed by atoms with Crippen molar-refractivity contribution in [1.82, 2.24) is 4.98 Å². The van der Waals surface area contributed by atoms with E-state index in [1.54, 1.807) is 14.2 Å². The number of ether oxygens (including phenoxy) is 2. The Bertz CT molecular complexity index is 4670. The molecule has 15 rings (SSSR count). The predicted molar refractivity (Wildman–Crippen MR) is 308 cm³/mol. The lowest BCUT2D eigenvalue weighted by molar-refractivity contribution is 0.415. The molecule has 0 bridgehead atoms. The van der Waals surface area contributed by atoms with Crippen molar-refractivity contribution in [2.45, 2.75) is 0 Å². The van der Waals surface area contributed by atoms with E-state index in [0.29, 0.717) is 0 Å². The van der Waals surface area contributed by atoms with Crippen molar-refractivity contribution in [1.29, 1.82) is 0 Å². The first-order valence-corrected chi connectivity index (χ1v) is 24.9. The monoisotopic (exact) mass is 951 g/mol. The van der Waals surface area contributed by atoms with Crippen LogP contribution in [-0.2, 0) is 0 Å². The van der Waals surface area contributed by atoms with Crippen LogP contribution < -0.4 is 9.47 Å². The first-order valence-electron chi connectivity index (χ1n) is 24.9. The highest BCUT2D eigenvalue weighted by Gasteiger charge is 2.24. The molecule has 12 aromatic carbocycles. The van der Waals surface area contributed by atoms with Crippen LogP contribution in [-0.4, -0.2) is 19.2 Å². The van der Waals surface area contributed by atoms with E-state index in [2.05, 4.69) is 181 Å². The number of hydrogen-bond donors (Lipinski definition) is 0. The maximum absolute atomic E-state index is 6.58. The second kappa shape index (κ2) is 17.5. The highest BCUT2D eigenvalue weighted by Crippen LogP contribution is 2.50. The molecule has 0 unspecified atom stereocenters. The van der Waals surface area contributed by atoms with Crippen molar-refractivity contribution in [3.8, 4) is 56.0 Å². The van der Waals surface area contributed by atoms with Crippen LogP contribution >= 0.6 is 0 Å². The molecule has 0 N–H and O–H groups in total. The van der Waals surface area contributed by atoms with Crippen LogP contribution in [0.25, 0.3) is 142 Å². The summed E-state index contributed by atoms with van der Waals surface area (Å²) in [7, 11) is 3.40. The fourth-order valence-electron chi connectivity index (χ4n) is 11.5. The molecule has 0 radical (unpaired) electrons. The number of methoxy groups -OCH3 is 2. The number of nitrogens with zero attached hydrogens (tertiary/aromatic N) is 1. The molecule has 0 saturated heterocycles.